The van der Waals surface area contributed by atoms with Crippen molar-refractivity contribution in [3.8, 4) is 0 Å². The van der Waals surface area contributed by atoms with Gasteiger partial charge in [-0.25, -0.2) is 9.78 Å². The van der Waals surface area contributed by atoms with E-state index in [-0.39, 0.29) is 17.9 Å². The standard InChI is InChI=1S/C13H22N4O3/c1-13(2,4-3-11(18)19)5-6-16-12(20)17-9-10-14-7-8-15-10/h7-8H,3-6,9H2,1-2H3,(H,14,15)(H,18,19)(H2,16,17,20). The lowest BCUT2D eigenvalue weighted by molar-refractivity contribution is -0.137. The zero-order valence-electron chi connectivity index (χ0n) is 11.9. The highest BCUT2D eigenvalue weighted by Gasteiger charge is 2.19. The van der Waals surface area contributed by atoms with Crippen LogP contribution < -0.4 is 10.6 Å². The molecule has 0 radical (unpaired) electrons. The Balaban J connectivity index is 2.15. The third kappa shape index (κ3) is 6.77. The molecule has 0 fully saturated rings. The first-order valence-electron chi connectivity index (χ1n) is 6.61. The number of hydrogen-bond donors (Lipinski definition) is 4. The van der Waals surface area contributed by atoms with Crippen molar-refractivity contribution in [1.82, 2.24) is 20.6 Å². The van der Waals surface area contributed by atoms with Crippen molar-refractivity contribution in [2.45, 2.75) is 39.7 Å². The Morgan fingerprint density at radius 2 is 2.10 bits per heavy atom. The molecule has 0 aliphatic rings. The lowest BCUT2D eigenvalue weighted by Crippen LogP contribution is -2.37. The number of amides is 2. The molecule has 1 aromatic rings. The first kappa shape index (κ1) is 16.0. The number of carbonyl (C=O) groups is 2. The van der Waals surface area contributed by atoms with Crippen molar-refractivity contribution >= 4 is 12.0 Å². The van der Waals surface area contributed by atoms with E-state index in [4.69, 9.17) is 5.11 Å². The minimum Gasteiger partial charge on any atom is -0.481 e. The van der Waals surface area contributed by atoms with E-state index in [1.54, 1.807) is 12.4 Å². The predicted molar refractivity (Wildman–Crippen MR) is 74.1 cm³/mol. The summed E-state index contributed by atoms with van der Waals surface area (Å²) >= 11 is 0. The Bertz CT molecular complexity index is 429. The van der Waals surface area contributed by atoms with Gasteiger partial charge in [0.2, 0.25) is 0 Å². The molecule has 7 nitrogen and oxygen atoms in total. The maximum absolute atomic E-state index is 11.5. The van der Waals surface area contributed by atoms with E-state index in [9.17, 15) is 9.59 Å². The number of aromatic nitrogens is 2. The molecule has 0 bridgehead atoms. The van der Waals surface area contributed by atoms with Gasteiger partial charge < -0.3 is 20.7 Å². The average Bonchev–Trinajstić information content (AvgIpc) is 2.87. The molecule has 0 saturated carbocycles. The molecule has 1 rings (SSSR count). The normalized spacial score (nSPS) is 11.1. The number of nitrogens with zero attached hydrogens (tertiary/aromatic N) is 1. The fraction of sp³-hybridized carbons (Fsp3) is 0.615. The van der Waals surface area contributed by atoms with E-state index < -0.39 is 5.97 Å². The van der Waals surface area contributed by atoms with Crippen LogP contribution in [0.5, 0.6) is 0 Å². The van der Waals surface area contributed by atoms with E-state index in [0.717, 1.165) is 6.42 Å². The molecule has 0 atom stereocenters. The van der Waals surface area contributed by atoms with E-state index >= 15 is 0 Å². The van der Waals surface area contributed by atoms with Crippen molar-refractivity contribution in [2.24, 2.45) is 5.41 Å². The van der Waals surface area contributed by atoms with Gasteiger partial charge in [0.05, 0.1) is 6.54 Å². The second-order valence-electron chi connectivity index (χ2n) is 5.45. The third-order valence-corrected chi connectivity index (χ3v) is 3.07. The Labute approximate surface area is 118 Å². The predicted octanol–water partition coefficient (Wildman–Crippen LogP) is 1.49. The van der Waals surface area contributed by atoms with Crippen LogP contribution in [0, 0.1) is 5.41 Å². The Kier molecular flexibility index (Phi) is 6.02. The number of rotatable bonds is 8. The van der Waals surface area contributed by atoms with Crippen molar-refractivity contribution in [3.63, 3.8) is 0 Å². The number of aliphatic carboxylic acids is 1. The van der Waals surface area contributed by atoms with Crippen LogP contribution in [0.15, 0.2) is 12.4 Å². The first-order valence-corrected chi connectivity index (χ1v) is 6.61. The number of H-pyrrole nitrogens is 1. The van der Waals surface area contributed by atoms with Gasteiger partial charge in [-0.05, 0) is 18.3 Å². The largest absolute Gasteiger partial charge is 0.481 e. The summed E-state index contributed by atoms with van der Waals surface area (Å²) < 4.78 is 0. The summed E-state index contributed by atoms with van der Waals surface area (Å²) in [6, 6.07) is -0.254. The molecule has 0 aromatic carbocycles. The van der Waals surface area contributed by atoms with Gasteiger partial charge in [0.15, 0.2) is 0 Å². The topological polar surface area (TPSA) is 107 Å². The first-order chi connectivity index (χ1) is 9.39. The molecule has 1 heterocycles. The van der Waals surface area contributed by atoms with Gasteiger partial charge >= 0.3 is 12.0 Å². The zero-order chi connectivity index (χ0) is 15.0. The summed E-state index contributed by atoms with van der Waals surface area (Å²) in [6.45, 7) is 4.86. The van der Waals surface area contributed by atoms with Gasteiger partial charge in [0, 0.05) is 25.4 Å². The SMILES string of the molecule is CC(C)(CCNC(=O)NCc1ncc[nH]1)CCC(=O)O. The molecule has 2 amide bonds. The smallest absolute Gasteiger partial charge is 0.315 e. The lowest BCUT2D eigenvalue weighted by atomic mass is 9.84. The van der Waals surface area contributed by atoms with Crippen molar-refractivity contribution in [1.29, 1.82) is 0 Å². The average molecular weight is 282 g/mol. The van der Waals surface area contributed by atoms with Crippen molar-refractivity contribution in [3.05, 3.63) is 18.2 Å². The number of urea groups is 1. The number of nitrogens with one attached hydrogen (secondary N) is 3. The number of carboxylic acid groups (broad SMARTS) is 1. The fourth-order valence-electron chi connectivity index (χ4n) is 1.71. The molecule has 0 spiro atoms. The highest BCUT2D eigenvalue weighted by atomic mass is 16.4. The van der Waals surface area contributed by atoms with Crippen LogP contribution in [-0.4, -0.2) is 33.6 Å². The monoisotopic (exact) mass is 282 g/mol. The Morgan fingerprint density at radius 3 is 2.70 bits per heavy atom. The summed E-state index contributed by atoms with van der Waals surface area (Å²) in [4.78, 5) is 29.0. The minimum atomic E-state index is -0.790. The molecule has 0 aliphatic heterocycles. The Hall–Kier alpha value is -2.05. The molecular formula is C13H22N4O3. The van der Waals surface area contributed by atoms with Crippen LogP contribution in [0.2, 0.25) is 0 Å². The molecule has 0 saturated heterocycles. The van der Waals surface area contributed by atoms with Crippen LogP contribution in [0.1, 0.15) is 38.9 Å². The van der Waals surface area contributed by atoms with Crippen LogP contribution >= 0.6 is 0 Å². The molecule has 20 heavy (non-hydrogen) atoms. The van der Waals surface area contributed by atoms with Crippen LogP contribution in [0.25, 0.3) is 0 Å². The molecular weight excluding hydrogens is 260 g/mol. The summed E-state index contributed by atoms with van der Waals surface area (Å²) in [5.41, 5.74) is -0.104. The van der Waals surface area contributed by atoms with Gasteiger partial charge in [-0.3, -0.25) is 4.79 Å². The number of aromatic amines is 1. The maximum Gasteiger partial charge on any atom is 0.315 e. The molecule has 4 N–H and O–H groups in total. The second kappa shape index (κ2) is 7.52. The summed E-state index contributed by atoms with van der Waals surface area (Å²) in [7, 11) is 0. The minimum absolute atomic E-state index is 0.104. The lowest BCUT2D eigenvalue weighted by Gasteiger charge is -2.23. The molecule has 0 aliphatic carbocycles. The van der Waals surface area contributed by atoms with E-state index in [2.05, 4.69) is 20.6 Å². The van der Waals surface area contributed by atoms with Gasteiger partial charge in [0.25, 0.3) is 0 Å². The van der Waals surface area contributed by atoms with Gasteiger partial charge in [0.1, 0.15) is 5.82 Å². The van der Waals surface area contributed by atoms with Gasteiger partial charge in [-0.1, -0.05) is 13.8 Å². The number of carboxylic acids is 1. The van der Waals surface area contributed by atoms with Crippen LogP contribution in [-0.2, 0) is 11.3 Å². The zero-order valence-corrected chi connectivity index (χ0v) is 11.9. The van der Waals surface area contributed by atoms with Gasteiger partial charge in [-0.15, -0.1) is 0 Å². The summed E-state index contributed by atoms with van der Waals surface area (Å²) in [5.74, 6) is -0.0934. The maximum atomic E-state index is 11.5. The summed E-state index contributed by atoms with van der Waals surface area (Å²) in [6.07, 6.45) is 4.80. The molecule has 0 unspecified atom stereocenters. The summed E-state index contributed by atoms with van der Waals surface area (Å²) in [5, 5.41) is 14.1. The highest BCUT2D eigenvalue weighted by Crippen LogP contribution is 2.25. The number of carbonyl (C=O) groups excluding carboxylic acids is 1. The molecule has 1 aromatic heterocycles. The van der Waals surface area contributed by atoms with E-state index in [1.165, 1.54) is 0 Å². The third-order valence-electron chi connectivity index (χ3n) is 3.07. The molecule has 112 valence electrons. The quantitative estimate of drug-likeness (QED) is 0.579. The fourth-order valence-corrected chi connectivity index (χ4v) is 1.71. The number of hydrogen-bond acceptors (Lipinski definition) is 3. The van der Waals surface area contributed by atoms with Crippen molar-refractivity contribution in [2.75, 3.05) is 6.54 Å². The molecule has 7 heteroatoms. The van der Waals surface area contributed by atoms with Gasteiger partial charge in [-0.2, -0.15) is 0 Å². The highest BCUT2D eigenvalue weighted by molar-refractivity contribution is 5.73. The number of imidazole rings is 1. The van der Waals surface area contributed by atoms with Crippen molar-refractivity contribution < 1.29 is 14.7 Å². The van der Waals surface area contributed by atoms with Crippen LogP contribution in [0.3, 0.4) is 0 Å². The van der Waals surface area contributed by atoms with E-state index in [1.807, 2.05) is 13.8 Å². The van der Waals surface area contributed by atoms with Crippen LogP contribution in [0.4, 0.5) is 4.79 Å². The van der Waals surface area contributed by atoms with E-state index in [0.29, 0.717) is 25.3 Å². The Morgan fingerprint density at radius 1 is 1.35 bits per heavy atom. The second-order valence-corrected chi connectivity index (χ2v) is 5.45.